The van der Waals surface area contributed by atoms with Crippen molar-refractivity contribution in [3.8, 4) is 0 Å². The number of esters is 1. The van der Waals surface area contributed by atoms with Gasteiger partial charge in [0.25, 0.3) is 5.91 Å². The lowest BCUT2D eigenvalue weighted by atomic mass is 10.1. The number of hydrogen-bond acceptors (Lipinski definition) is 5. The Hall–Kier alpha value is -2.86. The number of para-hydroxylation sites is 1. The molecule has 0 fully saturated rings. The Labute approximate surface area is 146 Å². The van der Waals surface area contributed by atoms with Crippen molar-refractivity contribution in [2.45, 2.75) is 20.0 Å². The molecule has 1 atom stereocenters. The summed E-state index contributed by atoms with van der Waals surface area (Å²) in [6.45, 7) is 3.70. The van der Waals surface area contributed by atoms with Gasteiger partial charge >= 0.3 is 5.97 Å². The van der Waals surface area contributed by atoms with Gasteiger partial charge in [0.2, 0.25) is 0 Å². The van der Waals surface area contributed by atoms with Crippen molar-refractivity contribution in [3.05, 3.63) is 59.7 Å². The predicted octanol–water partition coefficient (Wildman–Crippen LogP) is 2.58. The SMILES string of the molecule is Cc1cccc(NC(=O)[C@H](C)OC(=O)c2ccccc2NCCO)c1. The highest BCUT2D eigenvalue weighted by molar-refractivity contribution is 5.99. The van der Waals surface area contributed by atoms with Gasteiger partial charge in [0, 0.05) is 17.9 Å². The molecule has 6 nitrogen and oxygen atoms in total. The molecule has 1 amide bonds. The maximum Gasteiger partial charge on any atom is 0.341 e. The largest absolute Gasteiger partial charge is 0.449 e. The van der Waals surface area contributed by atoms with E-state index >= 15 is 0 Å². The number of rotatable bonds is 7. The van der Waals surface area contributed by atoms with Crippen molar-refractivity contribution in [3.63, 3.8) is 0 Å². The molecule has 0 unspecified atom stereocenters. The summed E-state index contributed by atoms with van der Waals surface area (Å²) in [5.41, 5.74) is 2.53. The van der Waals surface area contributed by atoms with Crippen LogP contribution in [0.1, 0.15) is 22.8 Å². The van der Waals surface area contributed by atoms with Crippen LogP contribution in [0.25, 0.3) is 0 Å². The van der Waals surface area contributed by atoms with E-state index in [9.17, 15) is 9.59 Å². The zero-order valence-corrected chi connectivity index (χ0v) is 14.3. The fourth-order valence-corrected chi connectivity index (χ4v) is 2.25. The summed E-state index contributed by atoms with van der Waals surface area (Å²) in [4.78, 5) is 24.6. The van der Waals surface area contributed by atoms with Crippen LogP contribution in [0.3, 0.4) is 0 Å². The van der Waals surface area contributed by atoms with E-state index in [1.54, 1.807) is 30.3 Å². The summed E-state index contributed by atoms with van der Waals surface area (Å²) in [6, 6.07) is 14.2. The number of carbonyl (C=O) groups excluding carboxylic acids is 2. The Morgan fingerprint density at radius 2 is 1.92 bits per heavy atom. The normalized spacial score (nSPS) is 11.5. The van der Waals surface area contributed by atoms with E-state index < -0.39 is 18.0 Å². The first kappa shape index (κ1) is 18.5. The van der Waals surface area contributed by atoms with Crippen LogP contribution in [-0.4, -0.2) is 36.2 Å². The van der Waals surface area contributed by atoms with E-state index in [0.29, 0.717) is 23.5 Å². The molecule has 0 aliphatic rings. The lowest BCUT2D eigenvalue weighted by Gasteiger charge is -2.15. The number of anilines is 2. The molecule has 0 saturated carbocycles. The molecule has 2 rings (SSSR count). The van der Waals surface area contributed by atoms with E-state index in [2.05, 4.69) is 10.6 Å². The van der Waals surface area contributed by atoms with Crippen LogP contribution < -0.4 is 10.6 Å². The van der Waals surface area contributed by atoms with E-state index in [4.69, 9.17) is 9.84 Å². The van der Waals surface area contributed by atoms with Crippen LogP contribution in [0.2, 0.25) is 0 Å². The van der Waals surface area contributed by atoms with Gasteiger partial charge in [-0.2, -0.15) is 0 Å². The predicted molar refractivity (Wildman–Crippen MR) is 96.7 cm³/mol. The van der Waals surface area contributed by atoms with Gasteiger partial charge in [-0.05, 0) is 43.7 Å². The summed E-state index contributed by atoms with van der Waals surface area (Å²) in [5.74, 6) is -1.01. The second-order valence-corrected chi connectivity index (χ2v) is 5.60. The van der Waals surface area contributed by atoms with Gasteiger partial charge in [-0.3, -0.25) is 4.79 Å². The lowest BCUT2D eigenvalue weighted by Crippen LogP contribution is -2.30. The Morgan fingerprint density at radius 1 is 1.16 bits per heavy atom. The highest BCUT2D eigenvalue weighted by atomic mass is 16.5. The van der Waals surface area contributed by atoms with Crippen molar-refractivity contribution in [2.24, 2.45) is 0 Å². The number of aliphatic hydroxyl groups is 1. The number of hydrogen-bond donors (Lipinski definition) is 3. The molecular formula is C19H22N2O4. The molecular weight excluding hydrogens is 320 g/mol. The minimum Gasteiger partial charge on any atom is -0.449 e. The molecule has 6 heteroatoms. The van der Waals surface area contributed by atoms with Gasteiger partial charge in [0.05, 0.1) is 12.2 Å². The zero-order chi connectivity index (χ0) is 18.2. The quantitative estimate of drug-likeness (QED) is 0.673. The Morgan fingerprint density at radius 3 is 2.64 bits per heavy atom. The standard InChI is InChI=1S/C19H22N2O4/c1-13-6-5-7-15(12-13)21-18(23)14(2)25-19(24)16-8-3-4-9-17(16)20-10-11-22/h3-9,12,14,20,22H,10-11H2,1-2H3,(H,21,23)/t14-/m0/s1. The Bertz CT molecular complexity index is 746. The molecule has 0 bridgehead atoms. The van der Waals surface area contributed by atoms with Gasteiger partial charge < -0.3 is 20.5 Å². The highest BCUT2D eigenvalue weighted by Crippen LogP contribution is 2.17. The molecule has 0 radical (unpaired) electrons. The first-order valence-electron chi connectivity index (χ1n) is 8.03. The number of aryl methyl sites for hydroxylation is 1. The van der Waals surface area contributed by atoms with Gasteiger partial charge in [0.1, 0.15) is 0 Å². The lowest BCUT2D eigenvalue weighted by molar-refractivity contribution is -0.123. The van der Waals surface area contributed by atoms with Gasteiger partial charge in [-0.15, -0.1) is 0 Å². The van der Waals surface area contributed by atoms with Gasteiger partial charge in [-0.1, -0.05) is 24.3 Å². The smallest absolute Gasteiger partial charge is 0.341 e. The summed E-state index contributed by atoms with van der Waals surface area (Å²) in [6.07, 6.45) is -0.945. The molecule has 0 spiro atoms. The van der Waals surface area contributed by atoms with Crippen LogP contribution in [0, 0.1) is 6.92 Å². The summed E-state index contributed by atoms with van der Waals surface area (Å²) < 4.78 is 5.27. The molecule has 132 valence electrons. The molecule has 0 heterocycles. The third-order valence-corrected chi connectivity index (χ3v) is 3.51. The number of aliphatic hydroxyl groups excluding tert-OH is 1. The second kappa shape index (κ2) is 8.84. The van der Waals surface area contributed by atoms with Crippen LogP contribution in [-0.2, 0) is 9.53 Å². The monoisotopic (exact) mass is 342 g/mol. The minimum absolute atomic E-state index is 0.0569. The zero-order valence-electron chi connectivity index (χ0n) is 14.3. The fourth-order valence-electron chi connectivity index (χ4n) is 2.25. The molecule has 0 aromatic heterocycles. The van der Waals surface area contributed by atoms with E-state index in [1.165, 1.54) is 6.92 Å². The Kier molecular flexibility index (Phi) is 6.54. The van der Waals surface area contributed by atoms with Crippen LogP contribution in [0.15, 0.2) is 48.5 Å². The second-order valence-electron chi connectivity index (χ2n) is 5.60. The third kappa shape index (κ3) is 5.32. The maximum absolute atomic E-state index is 12.3. The molecule has 3 N–H and O–H groups in total. The van der Waals surface area contributed by atoms with E-state index in [-0.39, 0.29) is 6.61 Å². The molecule has 25 heavy (non-hydrogen) atoms. The van der Waals surface area contributed by atoms with Crippen LogP contribution >= 0.6 is 0 Å². The van der Waals surface area contributed by atoms with Crippen molar-refractivity contribution in [2.75, 3.05) is 23.8 Å². The van der Waals surface area contributed by atoms with Crippen molar-refractivity contribution >= 4 is 23.3 Å². The summed E-state index contributed by atoms with van der Waals surface area (Å²) in [7, 11) is 0. The van der Waals surface area contributed by atoms with Crippen LogP contribution in [0.4, 0.5) is 11.4 Å². The number of nitrogens with one attached hydrogen (secondary N) is 2. The van der Waals surface area contributed by atoms with Gasteiger partial charge in [0.15, 0.2) is 6.10 Å². The molecule has 0 saturated heterocycles. The van der Waals surface area contributed by atoms with Crippen LogP contribution in [0.5, 0.6) is 0 Å². The topological polar surface area (TPSA) is 87.7 Å². The summed E-state index contributed by atoms with van der Waals surface area (Å²) >= 11 is 0. The first-order chi connectivity index (χ1) is 12.0. The third-order valence-electron chi connectivity index (χ3n) is 3.51. The first-order valence-corrected chi connectivity index (χ1v) is 8.03. The number of benzene rings is 2. The van der Waals surface area contributed by atoms with Crippen molar-refractivity contribution in [1.29, 1.82) is 0 Å². The highest BCUT2D eigenvalue weighted by Gasteiger charge is 2.20. The molecule has 2 aromatic carbocycles. The fraction of sp³-hybridized carbons (Fsp3) is 0.263. The molecule has 0 aliphatic carbocycles. The maximum atomic E-state index is 12.3. The number of carbonyl (C=O) groups is 2. The molecule has 2 aromatic rings. The number of amides is 1. The van der Waals surface area contributed by atoms with E-state index in [0.717, 1.165) is 5.56 Å². The average molecular weight is 342 g/mol. The van der Waals surface area contributed by atoms with Gasteiger partial charge in [-0.25, -0.2) is 4.79 Å². The number of ether oxygens (including phenoxy) is 1. The molecule has 0 aliphatic heterocycles. The minimum atomic E-state index is -0.945. The van der Waals surface area contributed by atoms with E-state index in [1.807, 2.05) is 25.1 Å². The van der Waals surface area contributed by atoms with Crippen molar-refractivity contribution < 1.29 is 19.4 Å². The average Bonchev–Trinajstić information content (AvgIpc) is 2.60. The van der Waals surface area contributed by atoms with Crippen molar-refractivity contribution in [1.82, 2.24) is 0 Å². The summed E-state index contributed by atoms with van der Waals surface area (Å²) in [5, 5.41) is 14.6. The Balaban J connectivity index is 2.01.